The number of para-hydroxylation sites is 1. The van der Waals surface area contributed by atoms with Crippen LogP contribution in [0.5, 0.6) is 5.75 Å². The standard InChI is InChI=1S/C21H29N5O2/c1-4-25-11-13-26(14-12-25)20-15-18(23-16(2)24-20)21(27)22-10-9-17-7-5-6-8-19(17)28-3/h5-8,15H,4,9-14H2,1-3H3,(H,22,27). The molecule has 0 atom stereocenters. The molecular weight excluding hydrogens is 354 g/mol. The molecule has 1 aliphatic rings. The van der Waals surface area contributed by atoms with Gasteiger partial charge in [0.25, 0.3) is 5.91 Å². The highest BCUT2D eigenvalue weighted by molar-refractivity contribution is 5.93. The molecule has 1 aromatic heterocycles. The fraction of sp³-hybridized carbons (Fsp3) is 0.476. The van der Waals surface area contributed by atoms with Crippen molar-refractivity contribution in [2.75, 3.05) is 51.3 Å². The summed E-state index contributed by atoms with van der Waals surface area (Å²) in [6, 6.07) is 9.64. The van der Waals surface area contributed by atoms with E-state index in [4.69, 9.17) is 4.74 Å². The Hall–Kier alpha value is -2.67. The van der Waals surface area contributed by atoms with Crippen molar-refractivity contribution in [2.24, 2.45) is 0 Å². The average molecular weight is 383 g/mol. The number of rotatable bonds is 7. The molecule has 150 valence electrons. The maximum Gasteiger partial charge on any atom is 0.270 e. The molecular formula is C21H29N5O2. The van der Waals surface area contributed by atoms with Gasteiger partial charge in [0.15, 0.2) is 0 Å². The Labute approximate surface area is 166 Å². The number of hydrogen-bond donors (Lipinski definition) is 1. The number of ether oxygens (including phenoxy) is 1. The molecule has 7 nitrogen and oxygen atoms in total. The van der Waals surface area contributed by atoms with Crippen LogP contribution < -0.4 is 15.0 Å². The van der Waals surface area contributed by atoms with Gasteiger partial charge in [0.1, 0.15) is 23.1 Å². The third kappa shape index (κ3) is 4.98. The summed E-state index contributed by atoms with van der Waals surface area (Å²) in [6.45, 7) is 9.46. The molecule has 1 saturated heterocycles. The summed E-state index contributed by atoms with van der Waals surface area (Å²) < 4.78 is 5.36. The predicted molar refractivity (Wildman–Crippen MR) is 110 cm³/mol. The van der Waals surface area contributed by atoms with Crippen molar-refractivity contribution in [2.45, 2.75) is 20.3 Å². The number of carbonyl (C=O) groups excluding carboxylic acids is 1. The van der Waals surface area contributed by atoms with Crippen molar-refractivity contribution in [1.82, 2.24) is 20.2 Å². The lowest BCUT2D eigenvalue weighted by Gasteiger charge is -2.34. The molecule has 2 heterocycles. The van der Waals surface area contributed by atoms with Crippen molar-refractivity contribution in [3.63, 3.8) is 0 Å². The van der Waals surface area contributed by atoms with Gasteiger partial charge in [-0.2, -0.15) is 0 Å². The number of aromatic nitrogens is 2. The lowest BCUT2D eigenvalue weighted by atomic mass is 10.1. The summed E-state index contributed by atoms with van der Waals surface area (Å²) in [5.41, 5.74) is 1.49. The van der Waals surface area contributed by atoms with Crippen molar-refractivity contribution in [3.05, 3.63) is 47.4 Å². The number of likely N-dealkylation sites (N-methyl/N-ethyl adjacent to an activating group) is 1. The van der Waals surface area contributed by atoms with Gasteiger partial charge < -0.3 is 19.9 Å². The van der Waals surface area contributed by atoms with E-state index in [9.17, 15) is 4.79 Å². The van der Waals surface area contributed by atoms with Gasteiger partial charge in [-0.3, -0.25) is 4.79 Å². The maximum atomic E-state index is 12.6. The third-order valence-corrected chi connectivity index (χ3v) is 5.07. The zero-order valence-electron chi connectivity index (χ0n) is 16.9. The number of methoxy groups -OCH3 is 1. The highest BCUT2D eigenvalue weighted by Gasteiger charge is 2.19. The van der Waals surface area contributed by atoms with E-state index in [-0.39, 0.29) is 5.91 Å². The van der Waals surface area contributed by atoms with E-state index >= 15 is 0 Å². The van der Waals surface area contributed by atoms with Gasteiger partial charge in [-0.25, -0.2) is 9.97 Å². The summed E-state index contributed by atoms with van der Waals surface area (Å²) in [4.78, 5) is 26.1. The van der Waals surface area contributed by atoms with E-state index in [2.05, 4.69) is 32.0 Å². The molecule has 28 heavy (non-hydrogen) atoms. The SMILES string of the molecule is CCN1CCN(c2cc(C(=O)NCCc3ccccc3OC)nc(C)n2)CC1. The highest BCUT2D eigenvalue weighted by Crippen LogP contribution is 2.18. The van der Waals surface area contributed by atoms with Gasteiger partial charge in [0.05, 0.1) is 7.11 Å². The molecule has 0 spiro atoms. The van der Waals surface area contributed by atoms with Gasteiger partial charge in [-0.05, 0) is 31.5 Å². The molecule has 1 amide bonds. The summed E-state index contributed by atoms with van der Waals surface area (Å²) in [6.07, 6.45) is 0.700. The Morgan fingerprint density at radius 3 is 2.64 bits per heavy atom. The molecule has 0 bridgehead atoms. The zero-order chi connectivity index (χ0) is 19.9. The number of aryl methyl sites for hydroxylation is 1. The average Bonchev–Trinajstić information content (AvgIpc) is 2.73. The number of amides is 1. The van der Waals surface area contributed by atoms with Crippen molar-refractivity contribution in [3.8, 4) is 5.75 Å². The molecule has 0 aliphatic carbocycles. The number of anilines is 1. The largest absolute Gasteiger partial charge is 0.496 e. The summed E-state index contributed by atoms with van der Waals surface area (Å²) in [5, 5.41) is 2.96. The first-order chi connectivity index (χ1) is 13.6. The first-order valence-corrected chi connectivity index (χ1v) is 9.83. The van der Waals surface area contributed by atoms with Crippen LogP contribution >= 0.6 is 0 Å². The molecule has 1 N–H and O–H groups in total. The van der Waals surface area contributed by atoms with Crippen LogP contribution in [0.15, 0.2) is 30.3 Å². The molecule has 7 heteroatoms. The Kier molecular flexibility index (Phi) is 6.81. The number of piperazine rings is 1. The molecule has 3 rings (SSSR count). The topological polar surface area (TPSA) is 70.6 Å². The number of carbonyl (C=O) groups is 1. The van der Waals surface area contributed by atoms with Crippen LogP contribution in [0.3, 0.4) is 0 Å². The van der Waals surface area contributed by atoms with Gasteiger partial charge in [0, 0.05) is 38.8 Å². The monoisotopic (exact) mass is 383 g/mol. The fourth-order valence-corrected chi connectivity index (χ4v) is 3.43. The second-order valence-corrected chi connectivity index (χ2v) is 6.90. The number of nitrogens with zero attached hydrogens (tertiary/aromatic N) is 4. The first kappa shape index (κ1) is 20.1. The highest BCUT2D eigenvalue weighted by atomic mass is 16.5. The number of benzene rings is 1. The lowest BCUT2D eigenvalue weighted by Crippen LogP contribution is -2.46. The maximum absolute atomic E-state index is 12.6. The van der Waals surface area contributed by atoms with Crippen LogP contribution in [0.4, 0.5) is 5.82 Å². The molecule has 0 radical (unpaired) electrons. The molecule has 0 unspecified atom stereocenters. The van der Waals surface area contributed by atoms with Crippen LogP contribution in [0.2, 0.25) is 0 Å². The van der Waals surface area contributed by atoms with E-state index in [1.54, 1.807) is 13.2 Å². The Morgan fingerprint density at radius 2 is 1.93 bits per heavy atom. The fourth-order valence-electron chi connectivity index (χ4n) is 3.43. The quantitative estimate of drug-likeness (QED) is 0.788. The van der Waals surface area contributed by atoms with Crippen LogP contribution in [0, 0.1) is 6.92 Å². The summed E-state index contributed by atoms with van der Waals surface area (Å²) in [5.74, 6) is 2.11. The summed E-state index contributed by atoms with van der Waals surface area (Å²) >= 11 is 0. The van der Waals surface area contributed by atoms with E-state index in [0.717, 1.165) is 49.9 Å². The van der Waals surface area contributed by atoms with Gasteiger partial charge in [-0.15, -0.1) is 0 Å². The van der Waals surface area contributed by atoms with Gasteiger partial charge >= 0.3 is 0 Å². The van der Waals surface area contributed by atoms with E-state index < -0.39 is 0 Å². The van der Waals surface area contributed by atoms with Gasteiger partial charge in [-0.1, -0.05) is 25.1 Å². The van der Waals surface area contributed by atoms with Crippen molar-refractivity contribution < 1.29 is 9.53 Å². The zero-order valence-corrected chi connectivity index (χ0v) is 16.9. The van der Waals surface area contributed by atoms with Crippen molar-refractivity contribution >= 4 is 11.7 Å². The molecule has 2 aromatic rings. The molecule has 1 aromatic carbocycles. The van der Waals surface area contributed by atoms with Crippen molar-refractivity contribution in [1.29, 1.82) is 0 Å². The first-order valence-electron chi connectivity index (χ1n) is 9.83. The minimum Gasteiger partial charge on any atom is -0.496 e. The lowest BCUT2D eigenvalue weighted by molar-refractivity contribution is 0.0948. The predicted octanol–water partition coefficient (Wildman–Crippen LogP) is 1.91. The smallest absolute Gasteiger partial charge is 0.270 e. The van der Waals surface area contributed by atoms with E-state index in [0.29, 0.717) is 24.5 Å². The molecule has 1 fully saturated rings. The molecule has 0 saturated carbocycles. The second kappa shape index (κ2) is 9.50. The van der Waals surface area contributed by atoms with Crippen LogP contribution in [0.25, 0.3) is 0 Å². The third-order valence-electron chi connectivity index (χ3n) is 5.07. The van der Waals surface area contributed by atoms with Gasteiger partial charge in [0.2, 0.25) is 0 Å². The normalized spacial score (nSPS) is 14.8. The summed E-state index contributed by atoms with van der Waals surface area (Å²) in [7, 11) is 1.66. The Bertz CT molecular complexity index is 803. The minimum atomic E-state index is -0.172. The van der Waals surface area contributed by atoms with E-state index in [1.807, 2.05) is 31.2 Å². The van der Waals surface area contributed by atoms with Crippen LogP contribution in [0.1, 0.15) is 28.8 Å². The number of nitrogens with one attached hydrogen (secondary N) is 1. The molecule has 1 aliphatic heterocycles. The second-order valence-electron chi connectivity index (χ2n) is 6.90. The number of hydrogen-bond acceptors (Lipinski definition) is 6. The minimum absolute atomic E-state index is 0.172. The van der Waals surface area contributed by atoms with Crippen LogP contribution in [-0.2, 0) is 6.42 Å². The van der Waals surface area contributed by atoms with Crippen LogP contribution in [-0.4, -0.2) is 67.2 Å². The Balaban J connectivity index is 1.61. The Morgan fingerprint density at radius 1 is 1.18 bits per heavy atom. The van der Waals surface area contributed by atoms with E-state index in [1.165, 1.54) is 0 Å².